The Bertz CT molecular complexity index is 838. The van der Waals surface area contributed by atoms with Crippen LogP contribution in [0.25, 0.3) is 0 Å². The minimum absolute atomic E-state index is 0.00253. The van der Waals surface area contributed by atoms with Gasteiger partial charge in [-0.3, -0.25) is 4.68 Å². The number of aromatic nitrogens is 2. The molecule has 1 aliphatic heterocycles. The van der Waals surface area contributed by atoms with Gasteiger partial charge in [0.15, 0.2) is 5.03 Å². The molecule has 1 fully saturated rings. The van der Waals surface area contributed by atoms with Gasteiger partial charge in [0.25, 0.3) is 10.0 Å². The van der Waals surface area contributed by atoms with Gasteiger partial charge in [0, 0.05) is 19.2 Å². The second-order valence-corrected chi connectivity index (χ2v) is 7.28. The predicted octanol–water partition coefficient (Wildman–Crippen LogP) is 1.19. The van der Waals surface area contributed by atoms with Crippen molar-refractivity contribution in [3.8, 4) is 0 Å². The van der Waals surface area contributed by atoms with Gasteiger partial charge in [-0.25, -0.2) is 17.2 Å². The third-order valence-electron chi connectivity index (χ3n) is 3.90. The Hall–Kier alpha value is -1.84. The van der Waals surface area contributed by atoms with Crippen molar-refractivity contribution >= 4 is 10.0 Å². The lowest BCUT2D eigenvalue weighted by Crippen LogP contribution is -2.33. The SMILES string of the molecule is Cn1nccc1S(=O)(=O)N1C[C@H](O)C[C@H]1c1cc(F)ccc1F. The summed E-state index contributed by atoms with van der Waals surface area (Å²) in [5, 5.41) is 13.6. The van der Waals surface area contributed by atoms with Gasteiger partial charge in [-0.2, -0.15) is 9.40 Å². The second kappa shape index (κ2) is 5.66. The van der Waals surface area contributed by atoms with Gasteiger partial charge in [-0.1, -0.05) is 0 Å². The quantitative estimate of drug-likeness (QED) is 0.909. The molecule has 0 bridgehead atoms. The van der Waals surface area contributed by atoms with Gasteiger partial charge >= 0.3 is 0 Å². The van der Waals surface area contributed by atoms with Gasteiger partial charge in [-0.05, 0) is 30.7 Å². The molecule has 0 amide bonds. The molecule has 0 spiro atoms. The number of sulfonamides is 1. The summed E-state index contributed by atoms with van der Waals surface area (Å²) < 4.78 is 55.2. The average Bonchev–Trinajstić information content (AvgIpc) is 3.08. The van der Waals surface area contributed by atoms with E-state index in [4.69, 9.17) is 0 Å². The Morgan fingerprint density at radius 3 is 2.70 bits per heavy atom. The van der Waals surface area contributed by atoms with Gasteiger partial charge in [-0.15, -0.1) is 0 Å². The van der Waals surface area contributed by atoms with Gasteiger partial charge < -0.3 is 5.11 Å². The van der Waals surface area contributed by atoms with E-state index in [0.29, 0.717) is 0 Å². The number of rotatable bonds is 3. The first-order chi connectivity index (χ1) is 10.8. The molecule has 1 aromatic heterocycles. The average molecular weight is 343 g/mol. The number of aliphatic hydroxyl groups is 1. The highest BCUT2D eigenvalue weighted by Crippen LogP contribution is 2.37. The zero-order valence-electron chi connectivity index (χ0n) is 12.2. The standard InChI is InChI=1S/C14H15F2N3O3S/c1-18-14(4-5-17-18)23(21,22)19-8-10(20)7-13(19)11-6-9(15)2-3-12(11)16/h2-6,10,13,20H,7-8H2,1H3/t10-,13+/m1/s1. The highest BCUT2D eigenvalue weighted by Gasteiger charge is 2.42. The molecule has 0 saturated carbocycles. The fraction of sp³-hybridized carbons (Fsp3) is 0.357. The summed E-state index contributed by atoms with van der Waals surface area (Å²) in [4.78, 5) is 0. The summed E-state index contributed by atoms with van der Waals surface area (Å²) in [5.41, 5.74) is -0.0905. The van der Waals surface area contributed by atoms with Crippen LogP contribution < -0.4 is 0 Å². The second-order valence-electron chi connectivity index (χ2n) is 5.44. The van der Waals surface area contributed by atoms with Crippen LogP contribution in [0.15, 0.2) is 35.5 Å². The van der Waals surface area contributed by atoms with Crippen LogP contribution in [0.4, 0.5) is 8.78 Å². The smallest absolute Gasteiger partial charge is 0.260 e. The maximum Gasteiger partial charge on any atom is 0.260 e. The molecule has 124 valence electrons. The molecule has 9 heteroatoms. The lowest BCUT2D eigenvalue weighted by molar-refractivity contribution is 0.188. The third-order valence-corrected chi connectivity index (χ3v) is 5.85. The van der Waals surface area contributed by atoms with Crippen LogP contribution >= 0.6 is 0 Å². The fourth-order valence-corrected chi connectivity index (χ4v) is 4.59. The molecular weight excluding hydrogens is 328 g/mol. The number of aryl methyl sites for hydroxylation is 1. The molecule has 1 aromatic carbocycles. The molecule has 2 atom stereocenters. The topological polar surface area (TPSA) is 75.4 Å². The van der Waals surface area contributed by atoms with E-state index in [2.05, 4.69) is 5.10 Å². The summed E-state index contributed by atoms with van der Waals surface area (Å²) in [6.45, 7) is -0.186. The lowest BCUT2D eigenvalue weighted by Gasteiger charge is -2.24. The molecule has 1 aliphatic rings. The molecule has 3 rings (SSSR count). The van der Waals surface area contributed by atoms with Crippen molar-refractivity contribution in [3.05, 3.63) is 47.7 Å². The number of nitrogens with zero attached hydrogens (tertiary/aromatic N) is 3. The maximum absolute atomic E-state index is 14.0. The van der Waals surface area contributed by atoms with Crippen LogP contribution in [-0.4, -0.2) is 40.3 Å². The largest absolute Gasteiger partial charge is 0.392 e. The first-order valence-electron chi connectivity index (χ1n) is 6.93. The molecule has 1 saturated heterocycles. The minimum Gasteiger partial charge on any atom is -0.392 e. The normalized spacial score (nSPS) is 22.6. The predicted molar refractivity (Wildman–Crippen MR) is 76.8 cm³/mol. The first-order valence-corrected chi connectivity index (χ1v) is 8.37. The van der Waals surface area contributed by atoms with Gasteiger partial charge in [0.2, 0.25) is 0 Å². The number of halogens is 2. The zero-order chi connectivity index (χ0) is 16.8. The van der Waals surface area contributed by atoms with E-state index in [1.54, 1.807) is 0 Å². The Morgan fingerprint density at radius 2 is 2.04 bits per heavy atom. The van der Waals surface area contributed by atoms with Crippen molar-refractivity contribution in [2.45, 2.75) is 23.6 Å². The van der Waals surface area contributed by atoms with Crippen LogP contribution in [-0.2, 0) is 17.1 Å². The number of β-amino-alcohol motifs (C(OH)–C–C–N with tert-alkyl or cyclic N) is 1. The van der Waals surface area contributed by atoms with Crippen LogP contribution in [0.5, 0.6) is 0 Å². The maximum atomic E-state index is 14.0. The van der Waals surface area contributed by atoms with Gasteiger partial charge in [0.1, 0.15) is 11.6 Å². The van der Waals surface area contributed by atoms with Crippen molar-refractivity contribution in [3.63, 3.8) is 0 Å². The summed E-state index contributed by atoms with van der Waals surface area (Å²) in [6, 6.07) is 3.22. The number of aliphatic hydroxyl groups excluding tert-OH is 1. The monoisotopic (exact) mass is 343 g/mol. The molecule has 2 heterocycles. The minimum atomic E-state index is -4.00. The van der Waals surface area contributed by atoms with Crippen LogP contribution in [0.2, 0.25) is 0 Å². The van der Waals surface area contributed by atoms with E-state index in [0.717, 1.165) is 22.5 Å². The Kier molecular flexibility index (Phi) is 3.95. The van der Waals surface area contributed by atoms with Crippen LogP contribution in [0.3, 0.4) is 0 Å². The van der Waals surface area contributed by atoms with E-state index < -0.39 is 33.8 Å². The molecule has 23 heavy (non-hydrogen) atoms. The lowest BCUT2D eigenvalue weighted by atomic mass is 10.0. The number of benzene rings is 1. The highest BCUT2D eigenvalue weighted by atomic mass is 32.2. The Morgan fingerprint density at radius 1 is 1.30 bits per heavy atom. The molecule has 6 nitrogen and oxygen atoms in total. The van der Waals surface area contributed by atoms with E-state index >= 15 is 0 Å². The number of hydrogen-bond donors (Lipinski definition) is 1. The highest BCUT2D eigenvalue weighted by molar-refractivity contribution is 7.89. The van der Waals surface area contributed by atoms with Gasteiger partial charge in [0.05, 0.1) is 18.3 Å². The molecule has 0 radical (unpaired) electrons. The van der Waals surface area contributed by atoms with Crippen molar-refractivity contribution in [1.82, 2.24) is 14.1 Å². The molecule has 2 aromatic rings. The third kappa shape index (κ3) is 2.75. The van der Waals surface area contributed by atoms with Crippen molar-refractivity contribution in [2.24, 2.45) is 7.05 Å². The van der Waals surface area contributed by atoms with E-state index in [1.165, 1.54) is 24.0 Å². The van der Waals surface area contributed by atoms with E-state index in [9.17, 15) is 22.3 Å². The molecule has 1 N–H and O–H groups in total. The van der Waals surface area contributed by atoms with Crippen molar-refractivity contribution in [1.29, 1.82) is 0 Å². The van der Waals surface area contributed by atoms with Crippen molar-refractivity contribution < 1.29 is 22.3 Å². The van der Waals surface area contributed by atoms with Crippen LogP contribution in [0.1, 0.15) is 18.0 Å². The molecule has 0 aliphatic carbocycles. The molecule has 0 unspecified atom stereocenters. The summed E-state index contributed by atoms with van der Waals surface area (Å²) in [5.74, 6) is -1.38. The Balaban J connectivity index is 2.07. The van der Waals surface area contributed by atoms with E-state index in [1.807, 2.05) is 0 Å². The van der Waals surface area contributed by atoms with Crippen molar-refractivity contribution in [2.75, 3.05) is 6.54 Å². The molecular formula is C14H15F2N3O3S. The number of hydrogen-bond acceptors (Lipinski definition) is 4. The Labute approximate surface area is 132 Å². The van der Waals surface area contributed by atoms with Crippen LogP contribution in [0, 0.1) is 11.6 Å². The summed E-state index contributed by atoms with van der Waals surface area (Å²) >= 11 is 0. The zero-order valence-corrected chi connectivity index (χ0v) is 13.0. The summed E-state index contributed by atoms with van der Waals surface area (Å²) in [6.07, 6.45) is 0.375. The summed E-state index contributed by atoms with van der Waals surface area (Å²) in [7, 11) is -2.53. The fourth-order valence-electron chi connectivity index (χ4n) is 2.84. The van der Waals surface area contributed by atoms with E-state index in [-0.39, 0.29) is 23.6 Å². The first kappa shape index (κ1) is 16.0.